The number of benzene rings is 2. The van der Waals surface area contributed by atoms with Gasteiger partial charge in [-0.2, -0.15) is 0 Å². The van der Waals surface area contributed by atoms with E-state index in [9.17, 15) is 18.8 Å². The van der Waals surface area contributed by atoms with Crippen molar-refractivity contribution in [1.82, 2.24) is 4.57 Å². The van der Waals surface area contributed by atoms with Crippen molar-refractivity contribution >= 4 is 17.5 Å². The number of aryl methyl sites for hydroxylation is 1. The number of carbonyl (C=O) groups excluding carboxylic acids is 3. The third-order valence-electron chi connectivity index (χ3n) is 5.43. The zero-order chi connectivity index (χ0) is 23.5. The SMILES string of the molecule is Cc1cc(C(=O)COC(=O)CCC(=O)c2ccc(F)cc2)c(C)n1-c1ccc2c(c1)OCO2. The first kappa shape index (κ1) is 22.3. The maximum absolute atomic E-state index is 13.0. The summed E-state index contributed by atoms with van der Waals surface area (Å²) in [6.07, 6.45) is -0.253. The van der Waals surface area contributed by atoms with Crippen LogP contribution in [0.4, 0.5) is 4.39 Å². The van der Waals surface area contributed by atoms with Gasteiger partial charge in [0.2, 0.25) is 12.6 Å². The first-order chi connectivity index (χ1) is 15.8. The maximum Gasteiger partial charge on any atom is 0.306 e. The van der Waals surface area contributed by atoms with Crippen molar-refractivity contribution in [2.24, 2.45) is 0 Å². The summed E-state index contributed by atoms with van der Waals surface area (Å²) in [5.74, 6) is -0.427. The molecular formula is C25H22FNO6. The van der Waals surface area contributed by atoms with E-state index in [1.165, 1.54) is 24.3 Å². The molecule has 2 heterocycles. The fourth-order valence-corrected chi connectivity index (χ4v) is 3.76. The van der Waals surface area contributed by atoms with E-state index in [1.54, 1.807) is 6.07 Å². The van der Waals surface area contributed by atoms with Gasteiger partial charge in [0.1, 0.15) is 5.82 Å². The zero-order valence-corrected chi connectivity index (χ0v) is 18.2. The summed E-state index contributed by atoms with van der Waals surface area (Å²) >= 11 is 0. The molecule has 0 unspecified atom stereocenters. The van der Waals surface area contributed by atoms with Crippen LogP contribution in [0.2, 0.25) is 0 Å². The van der Waals surface area contributed by atoms with Gasteiger partial charge in [0.05, 0.1) is 6.42 Å². The number of hydrogen-bond acceptors (Lipinski definition) is 6. The van der Waals surface area contributed by atoms with Crippen LogP contribution in [-0.4, -0.2) is 35.5 Å². The van der Waals surface area contributed by atoms with E-state index in [0.717, 1.165) is 11.4 Å². The minimum atomic E-state index is -0.650. The average molecular weight is 451 g/mol. The Labute approximate surface area is 189 Å². The number of hydrogen-bond donors (Lipinski definition) is 0. The van der Waals surface area contributed by atoms with Gasteiger partial charge in [0.25, 0.3) is 0 Å². The Morgan fingerprint density at radius 3 is 2.42 bits per heavy atom. The van der Waals surface area contributed by atoms with Gasteiger partial charge < -0.3 is 18.8 Å². The molecule has 1 aliphatic rings. The van der Waals surface area contributed by atoms with Crippen LogP contribution in [0.25, 0.3) is 5.69 Å². The number of ether oxygens (including phenoxy) is 3. The summed E-state index contributed by atoms with van der Waals surface area (Å²) in [5, 5.41) is 0. The molecule has 0 radical (unpaired) electrons. The molecule has 0 spiro atoms. The van der Waals surface area contributed by atoms with E-state index in [2.05, 4.69) is 0 Å². The van der Waals surface area contributed by atoms with Crippen molar-refractivity contribution in [2.45, 2.75) is 26.7 Å². The Balaban J connectivity index is 1.36. The van der Waals surface area contributed by atoms with Gasteiger partial charge in [-0.1, -0.05) is 0 Å². The standard InChI is InChI=1S/C25H22FNO6/c1-15-11-20(16(2)27(15)19-7-9-23-24(12-19)33-14-32-23)22(29)13-31-25(30)10-8-21(28)17-3-5-18(26)6-4-17/h3-7,9,11-12H,8,10,13-14H2,1-2H3. The minimum absolute atomic E-state index is 0.0860. The van der Waals surface area contributed by atoms with Crippen molar-refractivity contribution in [3.8, 4) is 17.2 Å². The van der Waals surface area contributed by atoms with Gasteiger partial charge in [-0.25, -0.2) is 4.39 Å². The number of Topliss-reactive ketones (excluding diaryl/α,β-unsaturated/α-hetero) is 2. The molecule has 0 saturated carbocycles. The first-order valence-electron chi connectivity index (χ1n) is 10.4. The smallest absolute Gasteiger partial charge is 0.306 e. The second-order valence-corrected chi connectivity index (χ2v) is 7.67. The minimum Gasteiger partial charge on any atom is -0.457 e. The highest BCUT2D eigenvalue weighted by molar-refractivity contribution is 6.00. The van der Waals surface area contributed by atoms with Crippen LogP contribution in [0.5, 0.6) is 11.5 Å². The van der Waals surface area contributed by atoms with Crippen molar-refractivity contribution in [3.05, 3.63) is 76.9 Å². The Morgan fingerprint density at radius 2 is 1.67 bits per heavy atom. The summed E-state index contributed by atoms with van der Waals surface area (Å²) in [6.45, 7) is 3.44. The van der Waals surface area contributed by atoms with E-state index >= 15 is 0 Å². The molecule has 1 aromatic heterocycles. The number of halogens is 1. The Bertz CT molecular complexity index is 1230. The lowest BCUT2D eigenvalue weighted by Crippen LogP contribution is -2.15. The van der Waals surface area contributed by atoms with Crippen molar-refractivity contribution in [1.29, 1.82) is 0 Å². The molecule has 0 fully saturated rings. The van der Waals surface area contributed by atoms with Crippen molar-refractivity contribution < 1.29 is 33.0 Å². The molecule has 170 valence electrons. The number of aromatic nitrogens is 1. The van der Waals surface area contributed by atoms with Gasteiger partial charge in [-0.3, -0.25) is 14.4 Å². The molecule has 33 heavy (non-hydrogen) atoms. The number of rotatable bonds is 8. The fraction of sp³-hybridized carbons (Fsp3) is 0.240. The molecule has 7 nitrogen and oxygen atoms in total. The van der Waals surface area contributed by atoms with Crippen LogP contribution in [-0.2, 0) is 9.53 Å². The van der Waals surface area contributed by atoms with Crippen molar-refractivity contribution in [2.75, 3.05) is 13.4 Å². The molecule has 0 atom stereocenters. The molecule has 0 N–H and O–H groups in total. The van der Waals surface area contributed by atoms with Crippen LogP contribution in [0.3, 0.4) is 0 Å². The van der Waals surface area contributed by atoms with E-state index in [1.807, 2.05) is 36.6 Å². The van der Waals surface area contributed by atoms with Crippen LogP contribution < -0.4 is 9.47 Å². The van der Waals surface area contributed by atoms with Gasteiger partial charge in [-0.05, 0) is 56.3 Å². The lowest BCUT2D eigenvalue weighted by Gasteiger charge is -2.11. The number of ketones is 2. The second kappa shape index (κ2) is 9.28. The number of carbonyl (C=O) groups is 3. The topological polar surface area (TPSA) is 83.8 Å². The highest BCUT2D eigenvalue weighted by atomic mass is 19.1. The van der Waals surface area contributed by atoms with Gasteiger partial charge in [-0.15, -0.1) is 0 Å². The lowest BCUT2D eigenvalue weighted by atomic mass is 10.1. The molecular weight excluding hydrogens is 429 g/mol. The molecule has 1 aliphatic heterocycles. The predicted molar refractivity (Wildman–Crippen MR) is 117 cm³/mol. The van der Waals surface area contributed by atoms with Crippen LogP contribution in [0.1, 0.15) is 44.9 Å². The largest absolute Gasteiger partial charge is 0.457 e. The molecule has 3 aromatic rings. The van der Waals surface area contributed by atoms with Gasteiger partial charge in [0.15, 0.2) is 23.9 Å². The van der Waals surface area contributed by atoms with Crippen LogP contribution >= 0.6 is 0 Å². The number of nitrogens with zero attached hydrogens (tertiary/aromatic N) is 1. The second-order valence-electron chi connectivity index (χ2n) is 7.67. The monoisotopic (exact) mass is 451 g/mol. The van der Waals surface area contributed by atoms with Crippen LogP contribution in [0.15, 0.2) is 48.5 Å². The third-order valence-corrected chi connectivity index (χ3v) is 5.43. The molecule has 4 rings (SSSR count). The van der Waals surface area contributed by atoms with Gasteiger partial charge in [0, 0.05) is 40.7 Å². The maximum atomic E-state index is 13.0. The normalized spacial score (nSPS) is 12.0. The Hall–Kier alpha value is -3.94. The fourth-order valence-electron chi connectivity index (χ4n) is 3.76. The van der Waals surface area contributed by atoms with Crippen molar-refractivity contribution in [3.63, 3.8) is 0 Å². The summed E-state index contributed by atoms with van der Waals surface area (Å²) < 4.78 is 30.7. The molecule has 0 saturated heterocycles. The summed E-state index contributed by atoms with van der Waals surface area (Å²) in [6, 6.07) is 12.4. The number of esters is 1. The average Bonchev–Trinajstić information content (AvgIpc) is 3.39. The summed E-state index contributed by atoms with van der Waals surface area (Å²) in [7, 11) is 0. The van der Waals surface area contributed by atoms with Crippen LogP contribution in [0, 0.1) is 19.7 Å². The molecule has 8 heteroatoms. The first-order valence-corrected chi connectivity index (χ1v) is 10.4. The predicted octanol–water partition coefficient (Wildman–Crippen LogP) is 4.35. The molecule has 2 aromatic carbocycles. The highest BCUT2D eigenvalue weighted by Gasteiger charge is 2.20. The lowest BCUT2D eigenvalue weighted by molar-refractivity contribution is -0.142. The number of fused-ring (bicyclic) bond motifs is 1. The Kier molecular flexibility index (Phi) is 6.26. The quantitative estimate of drug-likeness (QED) is 0.374. The van der Waals surface area contributed by atoms with E-state index in [-0.39, 0.29) is 31.2 Å². The summed E-state index contributed by atoms with van der Waals surface area (Å²) in [5.41, 5.74) is 3.13. The molecule has 0 amide bonds. The summed E-state index contributed by atoms with van der Waals surface area (Å²) in [4.78, 5) is 36.8. The Morgan fingerprint density at radius 1 is 0.939 bits per heavy atom. The van der Waals surface area contributed by atoms with E-state index < -0.39 is 18.4 Å². The third kappa shape index (κ3) is 4.79. The highest BCUT2D eigenvalue weighted by Crippen LogP contribution is 2.35. The zero-order valence-electron chi connectivity index (χ0n) is 18.2. The van der Waals surface area contributed by atoms with E-state index in [4.69, 9.17) is 14.2 Å². The molecule has 0 aliphatic carbocycles. The molecule has 0 bridgehead atoms. The van der Waals surface area contributed by atoms with Gasteiger partial charge >= 0.3 is 5.97 Å². The van der Waals surface area contributed by atoms with E-state index in [0.29, 0.717) is 28.3 Å².